The Bertz CT molecular complexity index is 991. The van der Waals surface area contributed by atoms with Gasteiger partial charge in [0.1, 0.15) is 21.9 Å². The summed E-state index contributed by atoms with van der Waals surface area (Å²) in [5.41, 5.74) is 0.349. The number of fused-ring (bicyclic) bond motifs is 1. The van der Waals surface area contributed by atoms with E-state index < -0.39 is 5.97 Å². The van der Waals surface area contributed by atoms with Crippen molar-refractivity contribution >= 4 is 39.3 Å². The van der Waals surface area contributed by atoms with Gasteiger partial charge in [0.15, 0.2) is 5.16 Å². The second-order valence-corrected chi connectivity index (χ2v) is 7.70. The van der Waals surface area contributed by atoms with E-state index in [9.17, 15) is 9.59 Å². The maximum atomic E-state index is 12.5. The summed E-state index contributed by atoms with van der Waals surface area (Å²) >= 11 is 2.62. The van der Waals surface area contributed by atoms with Crippen molar-refractivity contribution < 1.29 is 9.53 Å². The molecule has 0 saturated carbocycles. The van der Waals surface area contributed by atoms with Crippen molar-refractivity contribution in [2.45, 2.75) is 31.2 Å². The number of esters is 1. The van der Waals surface area contributed by atoms with E-state index in [1.165, 1.54) is 23.1 Å². The first-order chi connectivity index (χ1) is 11.9. The lowest BCUT2D eigenvalue weighted by molar-refractivity contribution is 0.0531. The minimum atomic E-state index is -0.426. The fourth-order valence-electron chi connectivity index (χ4n) is 2.34. The van der Waals surface area contributed by atoms with Crippen LogP contribution in [-0.2, 0) is 11.8 Å². The molecule has 0 aliphatic heterocycles. The summed E-state index contributed by atoms with van der Waals surface area (Å²) in [4.78, 5) is 32.9. The minimum Gasteiger partial charge on any atom is -0.462 e. The van der Waals surface area contributed by atoms with Crippen LogP contribution >= 0.6 is 23.1 Å². The second-order valence-electron chi connectivity index (χ2n) is 5.39. The van der Waals surface area contributed by atoms with E-state index in [-0.39, 0.29) is 17.4 Å². The topological polar surface area (TPSA) is 103 Å². The molecule has 132 valence electrons. The fourth-order valence-corrected chi connectivity index (χ4v) is 4.27. The molecule has 3 aromatic heterocycles. The Balaban J connectivity index is 2.00. The first-order valence-electron chi connectivity index (χ1n) is 7.63. The number of aromatic nitrogens is 5. The molecule has 0 bridgehead atoms. The zero-order chi connectivity index (χ0) is 18.1. The summed E-state index contributed by atoms with van der Waals surface area (Å²) in [7, 11) is 1.85. The molecule has 0 aliphatic rings. The van der Waals surface area contributed by atoms with Crippen LogP contribution in [0, 0.1) is 6.92 Å². The molecule has 0 aliphatic carbocycles. The van der Waals surface area contributed by atoms with Gasteiger partial charge in [-0.05, 0) is 26.3 Å². The quantitative estimate of drug-likeness (QED) is 0.536. The van der Waals surface area contributed by atoms with E-state index in [2.05, 4.69) is 20.2 Å². The highest BCUT2D eigenvalue weighted by molar-refractivity contribution is 7.99. The van der Waals surface area contributed by atoms with Crippen molar-refractivity contribution in [1.82, 2.24) is 24.7 Å². The molecule has 3 heterocycles. The van der Waals surface area contributed by atoms with E-state index in [1.807, 2.05) is 14.0 Å². The molecule has 0 aromatic carbocycles. The number of thiophene rings is 1. The summed E-state index contributed by atoms with van der Waals surface area (Å²) in [6.07, 6.45) is 1.61. The molecule has 0 amide bonds. The molecule has 0 fully saturated rings. The normalized spacial score (nSPS) is 12.5. The number of carbonyl (C=O) groups is 1. The van der Waals surface area contributed by atoms with Crippen LogP contribution in [-0.4, -0.2) is 37.3 Å². The van der Waals surface area contributed by atoms with Crippen LogP contribution in [0.4, 0.5) is 0 Å². The van der Waals surface area contributed by atoms with Gasteiger partial charge in [-0.25, -0.2) is 9.78 Å². The fraction of sp³-hybridized carbons (Fsp3) is 0.400. The van der Waals surface area contributed by atoms with Crippen molar-refractivity contribution in [2.75, 3.05) is 6.61 Å². The predicted octanol–water partition coefficient (Wildman–Crippen LogP) is 2.45. The highest BCUT2D eigenvalue weighted by Gasteiger charge is 2.22. The van der Waals surface area contributed by atoms with Gasteiger partial charge in [-0.15, -0.1) is 21.5 Å². The van der Waals surface area contributed by atoms with E-state index in [4.69, 9.17) is 4.74 Å². The largest absolute Gasteiger partial charge is 0.462 e. The van der Waals surface area contributed by atoms with Crippen LogP contribution in [0.1, 0.15) is 40.2 Å². The van der Waals surface area contributed by atoms with E-state index in [0.29, 0.717) is 26.5 Å². The van der Waals surface area contributed by atoms with Crippen LogP contribution < -0.4 is 5.56 Å². The van der Waals surface area contributed by atoms with E-state index in [1.54, 1.807) is 24.7 Å². The zero-order valence-corrected chi connectivity index (χ0v) is 15.8. The lowest BCUT2D eigenvalue weighted by atomic mass is 10.2. The van der Waals surface area contributed by atoms with Gasteiger partial charge < -0.3 is 14.3 Å². The number of rotatable bonds is 5. The molecule has 8 nitrogen and oxygen atoms in total. The third-order valence-electron chi connectivity index (χ3n) is 3.62. The molecule has 3 aromatic rings. The first-order valence-corrected chi connectivity index (χ1v) is 9.33. The van der Waals surface area contributed by atoms with E-state index in [0.717, 1.165) is 5.16 Å². The van der Waals surface area contributed by atoms with Crippen molar-refractivity contribution in [3.05, 3.63) is 32.9 Å². The van der Waals surface area contributed by atoms with Gasteiger partial charge in [-0.2, -0.15) is 0 Å². The van der Waals surface area contributed by atoms with Gasteiger partial charge in [-0.3, -0.25) is 4.79 Å². The molecule has 0 saturated heterocycles. The van der Waals surface area contributed by atoms with Crippen molar-refractivity contribution in [2.24, 2.45) is 7.05 Å². The number of nitrogens with zero attached hydrogens (tertiary/aromatic N) is 4. The smallest absolute Gasteiger partial charge is 0.348 e. The molecule has 1 N–H and O–H groups in total. The average molecular weight is 379 g/mol. The highest BCUT2D eigenvalue weighted by Crippen LogP contribution is 2.33. The number of carbonyl (C=O) groups excluding carboxylic acids is 1. The van der Waals surface area contributed by atoms with Crippen LogP contribution in [0.5, 0.6) is 0 Å². The maximum absolute atomic E-state index is 12.5. The summed E-state index contributed by atoms with van der Waals surface area (Å²) < 4.78 is 6.85. The van der Waals surface area contributed by atoms with Gasteiger partial charge in [0.05, 0.1) is 17.2 Å². The lowest BCUT2D eigenvalue weighted by Crippen LogP contribution is -2.13. The summed E-state index contributed by atoms with van der Waals surface area (Å²) in [5.74, 6) is 0.104. The minimum absolute atomic E-state index is 0.131. The molecule has 0 radical (unpaired) electrons. The summed E-state index contributed by atoms with van der Waals surface area (Å²) in [5, 5.41) is 8.90. The number of ether oxygens (including phenoxy) is 1. The van der Waals surface area contributed by atoms with Gasteiger partial charge in [0, 0.05) is 7.05 Å². The summed E-state index contributed by atoms with van der Waals surface area (Å²) in [6.45, 7) is 5.69. The highest BCUT2D eigenvalue weighted by atomic mass is 32.2. The Kier molecular flexibility index (Phi) is 4.91. The van der Waals surface area contributed by atoms with Gasteiger partial charge in [-0.1, -0.05) is 11.8 Å². The number of hydrogen-bond donors (Lipinski definition) is 1. The average Bonchev–Trinajstić information content (AvgIpc) is 3.11. The number of aryl methyl sites for hydroxylation is 2. The molecule has 0 spiro atoms. The number of aromatic amines is 1. The van der Waals surface area contributed by atoms with Gasteiger partial charge in [0.2, 0.25) is 0 Å². The van der Waals surface area contributed by atoms with Crippen LogP contribution in [0.3, 0.4) is 0 Å². The molecular weight excluding hydrogens is 362 g/mol. The number of thioether (sulfide) groups is 1. The monoisotopic (exact) mass is 379 g/mol. The second kappa shape index (κ2) is 6.96. The van der Waals surface area contributed by atoms with Crippen LogP contribution in [0.25, 0.3) is 10.2 Å². The Hall–Kier alpha value is -2.20. The third kappa shape index (κ3) is 3.31. The van der Waals surface area contributed by atoms with Gasteiger partial charge >= 0.3 is 5.97 Å². The van der Waals surface area contributed by atoms with Crippen LogP contribution in [0.2, 0.25) is 0 Å². The Morgan fingerprint density at radius 1 is 1.52 bits per heavy atom. The maximum Gasteiger partial charge on any atom is 0.348 e. The van der Waals surface area contributed by atoms with E-state index >= 15 is 0 Å². The summed E-state index contributed by atoms with van der Waals surface area (Å²) in [6, 6.07) is 0. The van der Waals surface area contributed by atoms with Crippen molar-refractivity contribution in [1.29, 1.82) is 0 Å². The molecule has 10 heteroatoms. The third-order valence-corrected chi connectivity index (χ3v) is 5.94. The number of H-pyrrole nitrogens is 1. The molecule has 25 heavy (non-hydrogen) atoms. The lowest BCUT2D eigenvalue weighted by Gasteiger charge is -2.09. The molecule has 1 atom stereocenters. The van der Waals surface area contributed by atoms with Crippen LogP contribution in [0.15, 0.2) is 16.3 Å². The predicted molar refractivity (Wildman–Crippen MR) is 96.2 cm³/mol. The van der Waals surface area contributed by atoms with Gasteiger partial charge in [0.25, 0.3) is 5.56 Å². The first kappa shape index (κ1) is 17.6. The number of hydrogen-bond acceptors (Lipinski definition) is 8. The van der Waals surface area contributed by atoms with Crippen molar-refractivity contribution in [3.8, 4) is 0 Å². The SMILES string of the molecule is CCOC(=O)c1sc2nc(C(C)Sc3nncn3C)[nH]c(=O)c2c1C. The molecular formula is C15H17N5O3S2. The standard InChI is InChI=1S/C15H17N5O3S2/c1-5-23-14(22)10-7(2)9-12(21)17-11(18-13(9)25-10)8(3)24-15-19-16-6-20(15)4/h6,8H,5H2,1-4H3,(H,17,18,21). The Morgan fingerprint density at radius 2 is 2.28 bits per heavy atom. The number of nitrogens with one attached hydrogen (secondary N) is 1. The van der Waals surface area contributed by atoms with Crippen molar-refractivity contribution in [3.63, 3.8) is 0 Å². The molecule has 1 unspecified atom stereocenters. The molecule has 3 rings (SSSR count). The Morgan fingerprint density at radius 3 is 2.92 bits per heavy atom. The zero-order valence-electron chi connectivity index (χ0n) is 14.2. The Labute approximate surface area is 151 Å².